The number of imidazole rings is 1. The predicted octanol–water partition coefficient (Wildman–Crippen LogP) is 4.97. The molecular weight excluding hydrogens is 512 g/mol. The molecule has 194 valence electrons. The number of alkyl halides is 6. The van der Waals surface area contributed by atoms with Crippen molar-refractivity contribution in [3.63, 3.8) is 0 Å². The van der Waals surface area contributed by atoms with Crippen LogP contribution in [0.25, 0.3) is 9.81 Å². The van der Waals surface area contributed by atoms with E-state index in [1.165, 1.54) is 37.1 Å². The summed E-state index contributed by atoms with van der Waals surface area (Å²) >= 11 is 0. The Kier molecular flexibility index (Phi) is 10.6. The zero-order chi connectivity index (χ0) is 26.2. The van der Waals surface area contributed by atoms with Gasteiger partial charge in [-0.1, -0.05) is 44.9 Å². The fraction of sp³-hybridized carbons (Fsp3) is 0.526. The Morgan fingerprint density at radius 3 is 1.79 bits per heavy atom. The quantitative estimate of drug-likeness (QED) is 0.334. The summed E-state index contributed by atoms with van der Waals surface area (Å²) in [6.45, 7) is 5.61. The number of aryl methyl sites for hydroxylation is 2. The highest BCUT2D eigenvalue weighted by Gasteiger charge is 2.46. The monoisotopic (exact) mass is 537 g/mol. The van der Waals surface area contributed by atoms with Gasteiger partial charge in [-0.25, -0.2) is 21.4 Å². The summed E-state index contributed by atoms with van der Waals surface area (Å²) in [7, 11) is -13.4. The van der Waals surface area contributed by atoms with E-state index < -0.39 is 31.1 Å². The van der Waals surface area contributed by atoms with E-state index in [1.54, 1.807) is 0 Å². The van der Waals surface area contributed by atoms with Gasteiger partial charge in [-0.05, 0) is 25.0 Å². The molecule has 1 heterocycles. The van der Waals surface area contributed by atoms with Crippen LogP contribution < -0.4 is 4.57 Å². The van der Waals surface area contributed by atoms with Crippen LogP contribution in [0.15, 0.2) is 42.9 Å². The summed E-state index contributed by atoms with van der Waals surface area (Å²) in [6, 6.07) is 10.6. The lowest BCUT2D eigenvalue weighted by atomic mass is 10.2. The summed E-state index contributed by atoms with van der Waals surface area (Å²) in [5, 5.41) is 0. The standard InChI is InChI=1S/C17H25N2.C2F6NO4S2/c1-3-5-10-17-14-18(13-6-4-2)15-19(17)16-11-8-7-9-12-16;3-1(4,5)14(10,11)9-15(12,13)2(6,7)8/h7-9,11-12,14-15H,3-6,10,13H2,1-2H3;/q+1;-1. The van der Waals surface area contributed by atoms with Crippen LogP contribution in [0.3, 0.4) is 0 Å². The second-order valence-corrected chi connectivity index (χ2v) is 10.5. The molecule has 0 unspecified atom stereocenters. The topological polar surface area (TPSA) is 91.2 Å². The maximum Gasteiger partial charge on any atom is 0.480 e. The number of para-hydroxylation sites is 1. The molecule has 0 aliphatic rings. The molecule has 0 atom stereocenters. The third kappa shape index (κ3) is 8.58. The molecule has 0 aliphatic heterocycles. The van der Waals surface area contributed by atoms with Gasteiger partial charge in [0.25, 0.3) is 0 Å². The number of aromatic nitrogens is 2. The molecule has 0 radical (unpaired) electrons. The van der Waals surface area contributed by atoms with Gasteiger partial charge in [0.2, 0.25) is 6.33 Å². The summed E-state index contributed by atoms with van der Waals surface area (Å²) in [4.78, 5) is 0. The Morgan fingerprint density at radius 1 is 0.853 bits per heavy atom. The first kappa shape index (κ1) is 29.9. The van der Waals surface area contributed by atoms with Crippen LogP contribution in [0.1, 0.15) is 45.2 Å². The van der Waals surface area contributed by atoms with Gasteiger partial charge >= 0.3 is 11.0 Å². The minimum atomic E-state index is -6.72. The van der Waals surface area contributed by atoms with Crippen molar-refractivity contribution in [1.29, 1.82) is 0 Å². The Morgan fingerprint density at radius 2 is 1.35 bits per heavy atom. The number of nitrogens with zero attached hydrogens (tertiary/aromatic N) is 3. The molecule has 0 spiro atoms. The van der Waals surface area contributed by atoms with Gasteiger partial charge in [-0.2, -0.15) is 30.9 Å². The molecule has 15 heteroatoms. The molecule has 0 amide bonds. The fourth-order valence-corrected chi connectivity index (χ4v) is 4.26. The zero-order valence-corrected chi connectivity index (χ0v) is 20.0. The maximum atomic E-state index is 11.4. The number of hydrogen-bond donors (Lipinski definition) is 0. The molecule has 0 aliphatic carbocycles. The first-order valence-corrected chi connectivity index (χ1v) is 13.0. The largest absolute Gasteiger partial charge is 0.480 e. The van der Waals surface area contributed by atoms with E-state index in [-0.39, 0.29) is 0 Å². The zero-order valence-electron chi connectivity index (χ0n) is 18.3. The number of rotatable bonds is 9. The van der Waals surface area contributed by atoms with Gasteiger partial charge in [0.1, 0.15) is 17.6 Å². The van der Waals surface area contributed by atoms with E-state index in [2.05, 4.69) is 65.8 Å². The van der Waals surface area contributed by atoms with E-state index in [4.69, 9.17) is 0 Å². The highest BCUT2D eigenvalue weighted by Crippen LogP contribution is 2.36. The van der Waals surface area contributed by atoms with Crippen molar-refractivity contribution >= 4 is 20.0 Å². The molecule has 0 saturated heterocycles. The van der Waals surface area contributed by atoms with Crippen molar-refractivity contribution in [2.24, 2.45) is 0 Å². The summed E-state index contributed by atoms with van der Waals surface area (Å²) < 4.78 is 114. The molecule has 0 saturated carbocycles. The molecular formula is C19H25F6N3O4S2. The lowest BCUT2D eigenvalue weighted by Gasteiger charge is -2.22. The van der Waals surface area contributed by atoms with Gasteiger partial charge in [0.05, 0.1) is 6.54 Å². The molecule has 2 rings (SSSR count). The Bertz CT molecular complexity index is 1070. The van der Waals surface area contributed by atoms with Gasteiger partial charge in [0, 0.05) is 6.42 Å². The maximum absolute atomic E-state index is 11.4. The van der Waals surface area contributed by atoms with Crippen LogP contribution in [0, 0.1) is 0 Å². The minimum absolute atomic E-state index is 0.778. The molecule has 7 nitrogen and oxygen atoms in total. The van der Waals surface area contributed by atoms with E-state index in [1.807, 2.05) is 0 Å². The highest BCUT2D eigenvalue weighted by atomic mass is 32.3. The van der Waals surface area contributed by atoms with Crippen LogP contribution in [0.2, 0.25) is 0 Å². The lowest BCUT2D eigenvalue weighted by Crippen LogP contribution is -2.30. The van der Waals surface area contributed by atoms with Crippen molar-refractivity contribution in [3.05, 3.63) is 52.7 Å². The second-order valence-electron chi connectivity index (χ2n) is 7.05. The van der Waals surface area contributed by atoms with Crippen molar-refractivity contribution in [2.45, 2.75) is 63.5 Å². The molecule has 2 aromatic rings. The van der Waals surface area contributed by atoms with Gasteiger partial charge in [0.15, 0.2) is 20.0 Å². The second kappa shape index (κ2) is 12.0. The Balaban J connectivity index is 0.000000352. The molecule has 0 fully saturated rings. The Hall–Kier alpha value is -2.13. The number of benzene rings is 1. The highest BCUT2D eigenvalue weighted by molar-refractivity contribution is 8.13. The van der Waals surface area contributed by atoms with Gasteiger partial charge < -0.3 is 4.13 Å². The van der Waals surface area contributed by atoms with Crippen molar-refractivity contribution in [3.8, 4) is 5.69 Å². The fourth-order valence-electron chi connectivity index (χ4n) is 2.55. The van der Waals surface area contributed by atoms with E-state index >= 15 is 0 Å². The van der Waals surface area contributed by atoms with Crippen LogP contribution in [-0.2, 0) is 33.0 Å². The van der Waals surface area contributed by atoms with Crippen molar-refractivity contribution in [2.75, 3.05) is 0 Å². The van der Waals surface area contributed by atoms with Crippen molar-refractivity contribution < 1.29 is 47.7 Å². The average Bonchev–Trinajstić information content (AvgIpc) is 3.12. The van der Waals surface area contributed by atoms with Gasteiger partial charge in [-0.3, -0.25) is 0 Å². The SMILES string of the molecule is CCCCc1c[n+](CCCC)cn1-c1ccccc1.O=S(=O)([N-]S(=O)(=O)C(F)(F)F)C(F)(F)F. The minimum Gasteiger partial charge on any atom is -0.421 e. The van der Waals surface area contributed by atoms with E-state index in [0.717, 1.165) is 17.1 Å². The van der Waals surface area contributed by atoms with Crippen molar-refractivity contribution in [1.82, 2.24) is 4.57 Å². The molecule has 0 bridgehead atoms. The van der Waals surface area contributed by atoms with Gasteiger partial charge in [-0.15, -0.1) is 0 Å². The number of hydrogen-bond acceptors (Lipinski definition) is 4. The summed E-state index contributed by atoms with van der Waals surface area (Å²) in [6.07, 6.45) is 10.7. The van der Waals surface area contributed by atoms with E-state index in [9.17, 15) is 43.2 Å². The third-order valence-electron chi connectivity index (χ3n) is 4.26. The predicted molar refractivity (Wildman–Crippen MR) is 113 cm³/mol. The van der Waals surface area contributed by atoms with Crippen LogP contribution in [0.5, 0.6) is 0 Å². The van der Waals surface area contributed by atoms with Crippen LogP contribution in [-0.4, -0.2) is 32.4 Å². The molecule has 1 aromatic heterocycles. The summed E-state index contributed by atoms with van der Waals surface area (Å²) in [5.41, 5.74) is -9.72. The van der Waals surface area contributed by atoms with E-state index in [0.29, 0.717) is 0 Å². The normalized spacial score (nSPS) is 12.8. The Labute approximate surface area is 194 Å². The first-order chi connectivity index (χ1) is 15.6. The number of halogens is 6. The molecule has 34 heavy (non-hydrogen) atoms. The number of unbranched alkanes of at least 4 members (excludes halogenated alkanes) is 2. The van der Waals surface area contributed by atoms with Crippen LogP contribution >= 0.6 is 0 Å². The summed E-state index contributed by atoms with van der Waals surface area (Å²) in [5.74, 6) is 0. The number of sulfonamides is 2. The first-order valence-electron chi connectivity index (χ1n) is 10.1. The molecule has 1 aromatic carbocycles. The smallest absolute Gasteiger partial charge is 0.421 e. The van der Waals surface area contributed by atoms with Crippen LogP contribution in [0.4, 0.5) is 26.3 Å². The lowest BCUT2D eigenvalue weighted by molar-refractivity contribution is -0.696. The molecule has 0 N–H and O–H groups in total. The third-order valence-corrected chi connectivity index (χ3v) is 7.00. The average molecular weight is 538 g/mol.